The standard InChI is InChI=1S/C22H31N3/c1-17(2)25(18(3)4)22-13-12-20(15-23-22)21-11-8-14-24(21)16-19-9-6-5-7-10-19/h5-7,9-10,12-13,15,17-18,21H,8,11,14,16H2,1-4H3/t21-/m1/s1. The Morgan fingerprint density at radius 3 is 2.36 bits per heavy atom. The Kier molecular flexibility index (Phi) is 5.74. The average Bonchev–Trinajstić information content (AvgIpc) is 3.04. The predicted molar refractivity (Wildman–Crippen MR) is 106 cm³/mol. The van der Waals surface area contributed by atoms with E-state index in [1.165, 1.54) is 30.5 Å². The van der Waals surface area contributed by atoms with Gasteiger partial charge in [0, 0.05) is 30.9 Å². The minimum atomic E-state index is 0.458. The Hall–Kier alpha value is -1.87. The summed E-state index contributed by atoms with van der Waals surface area (Å²) in [5, 5.41) is 0. The van der Waals surface area contributed by atoms with Gasteiger partial charge in [0.25, 0.3) is 0 Å². The van der Waals surface area contributed by atoms with Crippen LogP contribution in [-0.4, -0.2) is 28.5 Å². The molecule has 1 aromatic carbocycles. The van der Waals surface area contributed by atoms with Gasteiger partial charge in [0.15, 0.2) is 0 Å². The molecule has 0 aliphatic carbocycles. The number of hydrogen-bond acceptors (Lipinski definition) is 3. The van der Waals surface area contributed by atoms with Crippen LogP contribution in [0.2, 0.25) is 0 Å². The summed E-state index contributed by atoms with van der Waals surface area (Å²) in [7, 11) is 0. The minimum Gasteiger partial charge on any atom is -0.352 e. The number of benzene rings is 1. The van der Waals surface area contributed by atoms with Gasteiger partial charge in [-0.3, -0.25) is 4.90 Å². The van der Waals surface area contributed by atoms with Gasteiger partial charge < -0.3 is 4.90 Å². The van der Waals surface area contributed by atoms with Crippen LogP contribution >= 0.6 is 0 Å². The lowest BCUT2D eigenvalue weighted by atomic mass is 10.1. The Labute approximate surface area is 152 Å². The van der Waals surface area contributed by atoms with E-state index in [1.807, 2.05) is 0 Å². The molecule has 2 aromatic rings. The van der Waals surface area contributed by atoms with Crippen LogP contribution in [0.1, 0.15) is 57.7 Å². The quantitative estimate of drug-likeness (QED) is 0.736. The monoisotopic (exact) mass is 337 g/mol. The van der Waals surface area contributed by atoms with Crippen molar-refractivity contribution in [2.45, 2.75) is 65.2 Å². The summed E-state index contributed by atoms with van der Waals surface area (Å²) in [4.78, 5) is 9.77. The van der Waals surface area contributed by atoms with Gasteiger partial charge in [0.2, 0.25) is 0 Å². The van der Waals surface area contributed by atoms with E-state index >= 15 is 0 Å². The number of pyridine rings is 1. The van der Waals surface area contributed by atoms with E-state index < -0.39 is 0 Å². The summed E-state index contributed by atoms with van der Waals surface area (Å²) in [6, 6.07) is 16.7. The van der Waals surface area contributed by atoms with Crippen molar-refractivity contribution in [1.29, 1.82) is 0 Å². The number of likely N-dealkylation sites (tertiary alicyclic amines) is 1. The maximum absolute atomic E-state index is 4.81. The molecular formula is C22H31N3. The number of anilines is 1. The summed E-state index contributed by atoms with van der Waals surface area (Å²) in [6.45, 7) is 11.1. The molecule has 1 aliphatic rings. The van der Waals surface area contributed by atoms with E-state index in [4.69, 9.17) is 4.98 Å². The van der Waals surface area contributed by atoms with Crippen LogP contribution < -0.4 is 4.90 Å². The first-order valence-corrected chi connectivity index (χ1v) is 9.58. The lowest BCUT2D eigenvalue weighted by Crippen LogP contribution is -2.37. The molecule has 134 valence electrons. The highest BCUT2D eigenvalue weighted by Crippen LogP contribution is 2.33. The number of aromatic nitrogens is 1. The van der Waals surface area contributed by atoms with Crippen molar-refractivity contribution < 1.29 is 0 Å². The first-order chi connectivity index (χ1) is 12.1. The van der Waals surface area contributed by atoms with Crippen LogP contribution in [-0.2, 0) is 6.54 Å². The molecule has 1 atom stereocenters. The highest BCUT2D eigenvalue weighted by Gasteiger charge is 2.26. The van der Waals surface area contributed by atoms with Crippen LogP contribution in [0.3, 0.4) is 0 Å². The summed E-state index contributed by atoms with van der Waals surface area (Å²) in [5.41, 5.74) is 2.74. The molecule has 0 saturated carbocycles. The van der Waals surface area contributed by atoms with Crippen LogP contribution in [0, 0.1) is 0 Å². The summed E-state index contributed by atoms with van der Waals surface area (Å²) < 4.78 is 0. The molecule has 1 aromatic heterocycles. The topological polar surface area (TPSA) is 19.4 Å². The highest BCUT2D eigenvalue weighted by molar-refractivity contribution is 5.42. The lowest BCUT2D eigenvalue weighted by Gasteiger charge is -2.32. The van der Waals surface area contributed by atoms with E-state index in [2.05, 4.69) is 86.2 Å². The van der Waals surface area contributed by atoms with Gasteiger partial charge in [-0.1, -0.05) is 36.4 Å². The Balaban J connectivity index is 1.74. The molecule has 1 saturated heterocycles. The van der Waals surface area contributed by atoms with Gasteiger partial charge in [-0.25, -0.2) is 4.98 Å². The van der Waals surface area contributed by atoms with E-state index in [9.17, 15) is 0 Å². The van der Waals surface area contributed by atoms with Crippen molar-refractivity contribution in [2.24, 2.45) is 0 Å². The molecule has 3 heteroatoms. The highest BCUT2D eigenvalue weighted by atomic mass is 15.2. The molecule has 25 heavy (non-hydrogen) atoms. The molecule has 0 spiro atoms. The van der Waals surface area contributed by atoms with E-state index in [1.54, 1.807) is 0 Å². The second-order valence-corrected chi connectivity index (χ2v) is 7.66. The van der Waals surface area contributed by atoms with Gasteiger partial charge in [0.05, 0.1) is 0 Å². The molecule has 0 unspecified atom stereocenters. The van der Waals surface area contributed by atoms with Gasteiger partial charge in [0.1, 0.15) is 5.82 Å². The summed E-state index contributed by atoms with van der Waals surface area (Å²) in [5.74, 6) is 1.08. The molecule has 0 amide bonds. The third-order valence-corrected chi connectivity index (χ3v) is 5.12. The van der Waals surface area contributed by atoms with Crippen molar-refractivity contribution >= 4 is 5.82 Å². The van der Waals surface area contributed by atoms with Crippen molar-refractivity contribution in [3.05, 3.63) is 59.8 Å². The van der Waals surface area contributed by atoms with Crippen molar-refractivity contribution in [2.75, 3.05) is 11.4 Å². The lowest BCUT2D eigenvalue weighted by molar-refractivity contribution is 0.248. The largest absolute Gasteiger partial charge is 0.352 e. The molecule has 1 aliphatic heterocycles. The molecule has 0 radical (unpaired) electrons. The fourth-order valence-corrected chi connectivity index (χ4v) is 4.08. The minimum absolute atomic E-state index is 0.458. The normalized spacial score (nSPS) is 18.2. The van der Waals surface area contributed by atoms with E-state index in [0.29, 0.717) is 18.1 Å². The zero-order valence-electron chi connectivity index (χ0n) is 16.0. The Bertz CT molecular complexity index is 641. The van der Waals surface area contributed by atoms with Gasteiger partial charge in [-0.15, -0.1) is 0 Å². The van der Waals surface area contributed by atoms with Crippen LogP contribution in [0.25, 0.3) is 0 Å². The smallest absolute Gasteiger partial charge is 0.128 e. The molecule has 1 fully saturated rings. The van der Waals surface area contributed by atoms with Crippen LogP contribution in [0.5, 0.6) is 0 Å². The maximum Gasteiger partial charge on any atom is 0.128 e. The third-order valence-electron chi connectivity index (χ3n) is 5.12. The zero-order valence-corrected chi connectivity index (χ0v) is 16.0. The third kappa shape index (κ3) is 4.21. The molecule has 2 heterocycles. The summed E-state index contributed by atoms with van der Waals surface area (Å²) in [6.07, 6.45) is 4.59. The first-order valence-electron chi connectivity index (χ1n) is 9.58. The first kappa shape index (κ1) is 17.9. The van der Waals surface area contributed by atoms with Gasteiger partial charge in [-0.2, -0.15) is 0 Å². The zero-order chi connectivity index (χ0) is 17.8. The van der Waals surface area contributed by atoms with Crippen molar-refractivity contribution in [3.8, 4) is 0 Å². The maximum atomic E-state index is 4.81. The predicted octanol–water partition coefficient (Wildman–Crippen LogP) is 5.04. The van der Waals surface area contributed by atoms with E-state index in [0.717, 1.165) is 12.4 Å². The molecule has 0 N–H and O–H groups in total. The van der Waals surface area contributed by atoms with Crippen LogP contribution in [0.4, 0.5) is 5.82 Å². The molecule has 3 rings (SSSR count). The number of rotatable bonds is 6. The van der Waals surface area contributed by atoms with Gasteiger partial charge in [-0.05, 0) is 64.3 Å². The van der Waals surface area contributed by atoms with Crippen molar-refractivity contribution in [1.82, 2.24) is 9.88 Å². The SMILES string of the molecule is CC(C)N(c1ccc([C@H]2CCCN2Cc2ccccc2)cn1)C(C)C. The Morgan fingerprint density at radius 1 is 1.04 bits per heavy atom. The number of nitrogens with zero attached hydrogens (tertiary/aromatic N) is 3. The molecule has 3 nitrogen and oxygen atoms in total. The second-order valence-electron chi connectivity index (χ2n) is 7.66. The number of hydrogen-bond donors (Lipinski definition) is 0. The second kappa shape index (κ2) is 8.01. The Morgan fingerprint density at radius 2 is 1.76 bits per heavy atom. The molecular weight excluding hydrogens is 306 g/mol. The average molecular weight is 338 g/mol. The molecule has 0 bridgehead atoms. The summed E-state index contributed by atoms with van der Waals surface area (Å²) >= 11 is 0. The fourth-order valence-electron chi connectivity index (χ4n) is 4.08. The fraction of sp³-hybridized carbons (Fsp3) is 0.500. The van der Waals surface area contributed by atoms with Gasteiger partial charge >= 0.3 is 0 Å². The van der Waals surface area contributed by atoms with Crippen molar-refractivity contribution in [3.63, 3.8) is 0 Å². The van der Waals surface area contributed by atoms with Crippen LogP contribution in [0.15, 0.2) is 48.7 Å². The van der Waals surface area contributed by atoms with E-state index in [-0.39, 0.29) is 0 Å².